The Morgan fingerprint density at radius 2 is 1.76 bits per heavy atom. The number of nitrogens with zero attached hydrogens (tertiary/aromatic N) is 1. The molecule has 0 aromatic rings. The lowest BCUT2D eigenvalue weighted by atomic mass is 9.68. The van der Waals surface area contributed by atoms with E-state index >= 15 is 0 Å². The highest BCUT2D eigenvalue weighted by Crippen LogP contribution is 2.39. The Morgan fingerprint density at radius 3 is 2.29 bits per heavy atom. The van der Waals surface area contributed by atoms with Crippen molar-refractivity contribution in [3.8, 4) is 0 Å². The fourth-order valence-corrected chi connectivity index (χ4v) is 4.19. The van der Waals surface area contributed by atoms with Gasteiger partial charge in [0.15, 0.2) is 0 Å². The highest BCUT2D eigenvalue weighted by molar-refractivity contribution is 5.82. The van der Waals surface area contributed by atoms with E-state index in [4.69, 9.17) is 0 Å². The van der Waals surface area contributed by atoms with E-state index in [0.717, 1.165) is 37.6 Å². The number of carbonyl (C=O) groups is 1. The molecule has 2 atom stereocenters. The van der Waals surface area contributed by atoms with E-state index in [1.54, 1.807) is 0 Å². The number of piperidine rings is 1. The van der Waals surface area contributed by atoms with Crippen LogP contribution in [-0.2, 0) is 4.79 Å². The molecule has 2 nitrogen and oxygen atoms in total. The zero-order valence-corrected chi connectivity index (χ0v) is 14.8. The fraction of sp³-hybridized carbons (Fsp3) is 0.947. The number of Topliss-reactive ketones (excluding diaryl/α,β-unsaturated/α-hetero) is 1. The molecule has 0 bridgehead atoms. The molecule has 122 valence electrons. The van der Waals surface area contributed by atoms with Crippen LogP contribution in [0.15, 0.2) is 0 Å². The summed E-state index contributed by atoms with van der Waals surface area (Å²) in [4.78, 5) is 14.8. The predicted octanol–water partition coefficient (Wildman–Crippen LogP) is 4.39. The molecule has 1 heterocycles. The van der Waals surface area contributed by atoms with Crippen molar-refractivity contribution in [2.45, 2.75) is 66.7 Å². The highest BCUT2D eigenvalue weighted by Gasteiger charge is 2.36. The monoisotopic (exact) mass is 293 g/mol. The first-order chi connectivity index (χ1) is 9.77. The number of hydrogen-bond acceptors (Lipinski definition) is 2. The standard InChI is InChI=1S/C19H35NO/c1-14(2)15-8-10-20(11-9-15)13-16-12-17(19(3,4)5)6-7-18(16)21/h14-17H,6-13H2,1-5H3. The molecule has 21 heavy (non-hydrogen) atoms. The minimum Gasteiger partial charge on any atom is -0.303 e. The second kappa shape index (κ2) is 6.81. The van der Waals surface area contributed by atoms with Crippen molar-refractivity contribution in [2.75, 3.05) is 19.6 Å². The molecular weight excluding hydrogens is 258 g/mol. The Morgan fingerprint density at radius 1 is 1.14 bits per heavy atom. The van der Waals surface area contributed by atoms with Crippen LogP contribution in [0.5, 0.6) is 0 Å². The summed E-state index contributed by atoms with van der Waals surface area (Å²) >= 11 is 0. The first-order valence-electron chi connectivity index (χ1n) is 9.02. The summed E-state index contributed by atoms with van der Waals surface area (Å²) in [5.74, 6) is 3.26. The van der Waals surface area contributed by atoms with Crippen LogP contribution in [0.4, 0.5) is 0 Å². The quantitative estimate of drug-likeness (QED) is 0.769. The zero-order chi connectivity index (χ0) is 15.6. The van der Waals surface area contributed by atoms with E-state index in [2.05, 4.69) is 39.5 Å². The van der Waals surface area contributed by atoms with Gasteiger partial charge in [0.2, 0.25) is 0 Å². The molecule has 0 aromatic heterocycles. The summed E-state index contributed by atoms with van der Waals surface area (Å²) in [5.41, 5.74) is 0.351. The maximum Gasteiger partial charge on any atom is 0.137 e. The normalized spacial score (nSPS) is 30.1. The Hall–Kier alpha value is -0.370. The van der Waals surface area contributed by atoms with E-state index in [-0.39, 0.29) is 0 Å². The highest BCUT2D eigenvalue weighted by atomic mass is 16.1. The predicted molar refractivity (Wildman–Crippen MR) is 89.3 cm³/mol. The van der Waals surface area contributed by atoms with Crippen LogP contribution in [0, 0.1) is 29.1 Å². The third-order valence-electron chi connectivity index (χ3n) is 6.04. The van der Waals surface area contributed by atoms with Crippen LogP contribution in [0.25, 0.3) is 0 Å². The SMILES string of the molecule is CC(C)C1CCN(CC2CC(C(C)(C)C)CCC2=O)CC1. The molecule has 0 radical (unpaired) electrons. The van der Waals surface area contributed by atoms with Gasteiger partial charge >= 0.3 is 0 Å². The molecule has 0 amide bonds. The maximum atomic E-state index is 12.3. The number of likely N-dealkylation sites (tertiary alicyclic amines) is 1. The summed E-state index contributed by atoms with van der Waals surface area (Å²) in [7, 11) is 0. The van der Waals surface area contributed by atoms with Gasteiger partial charge in [0.25, 0.3) is 0 Å². The molecule has 2 fully saturated rings. The smallest absolute Gasteiger partial charge is 0.137 e. The average Bonchev–Trinajstić information content (AvgIpc) is 2.40. The van der Waals surface area contributed by atoms with Gasteiger partial charge in [0, 0.05) is 18.9 Å². The van der Waals surface area contributed by atoms with Crippen LogP contribution in [0.3, 0.4) is 0 Å². The van der Waals surface area contributed by atoms with Crippen LogP contribution in [0.1, 0.15) is 66.7 Å². The van der Waals surface area contributed by atoms with Gasteiger partial charge < -0.3 is 4.90 Å². The third-order valence-corrected chi connectivity index (χ3v) is 6.04. The zero-order valence-electron chi connectivity index (χ0n) is 14.8. The lowest BCUT2D eigenvalue weighted by Crippen LogP contribution is -2.42. The number of hydrogen-bond donors (Lipinski definition) is 0. The molecular formula is C19H35NO. The van der Waals surface area contributed by atoms with Crippen molar-refractivity contribution >= 4 is 5.78 Å². The average molecular weight is 293 g/mol. The first kappa shape index (κ1) is 17.0. The van der Waals surface area contributed by atoms with Crippen molar-refractivity contribution in [1.82, 2.24) is 4.90 Å². The van der Waals surface area contributed by atoms with Crippen LogP contribution >= 0.6 is 0 Å². The van der Waals surface area contributed by atoms with E-state index < -0.39 is 0 Å². The fourth-order valence-electron chi connectivity index (χ4n) is 4.19. The van der Waals surface area contributed by atoms with Crippen molar-refractivity contribution in [1.29, 1.82) is 0 Å². The molecule has 1 saturated carbocycles. The van der Waals surface area contributed by atoms with Gasteiger partial charge in [-0.15, -0.1) is 0 Å². The van der Waals surface area contributed by atoms with Crippen molar-refractivity contribution in [3.05, 3.63) is 0 Å². The number of carbonyl (C=O) groups excluding carboxylic acids is 1. The van der Waals surface area contributed by atoms with Crippen LogP contribution in [-0.4, -0.2) is 30.3 Å². The second-order valence-electron chi connectivity index (χ2n) is 8.88. The Kier molecular flexibility index (Phi) is 5.51. The molecule has 1 aliphatic carbocycles. The Labute approximate surface area is 131 Å². The van der Waals surface area contributed by atoms with Crippen LogP contribution in [0.2, 0.25) is 0 Å². The van der Waals surface area contributed by atoms with Gasteiger partial charge in [-0.1, -0.05) is 34.6 Å². The molecule has 0 spiro atoms. The van der Waals surface area contributed by atoms with Gasteiger partial charge in [-0.05, 0) is 61.9 Å². The van der Waals surface area contributed by atoms with E-state index in [1.807, 2.05) is 0 Å². The molecule has 0 aromatic carbocycles. The molecule has 2 rings (SSSR count). The third kappa shape index (κ3) is 4.55. The first-order valence-corrected chi connectivity index (χ1v) is 9.02. The summed E-state index contributed by atoms with van der Waals surface area (Å²) < 4.78 is 0. The molecule has 2 unspecified atom stereocenters. The lowest BCUT2D eigenvalue weighted by Gasteiger charge is -2.40. The summed E-state index contributed by atoms with van der Waals surface area (Å²) in [6.45, 7) is 15.1. The minimum absolute atomic E-state index is 0.304. The van der Waals surface area contributed by atoms with E-state index in [0.29, 0.717) is 23.0 Å². The van der Waals surface area contributed by atoms with Crippen molar-refractivity contribution < 1.29 is 4.79 Å². The molecule has 0 N–H and O–H groups in total. The van der Waals surface area contributed by atoms with Gasteiger partial charge in [-0.3, -0.25) is 4.79 Å². The lowest BCUT2D eigenvalue weighted by molar-refractivity contribution is -0.127. The number of rotatable bonds is 3. The molecule has 1 aliphatic heterocycles. The van der Waals surface area contributed by atoms with E-state index in [1.165, 1.54) is 25.9 Å². The topological polar surface area (TPSA) is 20.3 Å². The molecule has 2 heteroatoms. The van der Waals surface area contributed by atoms with Gasteiger partial charge in [-0.2, -0.15) is 0 Å². The summed E-state index contributed by atoms with van der Waals surface area (Å²) in [5, 5.41) is 0. The summed E-state index contributed by atoms with van der Waals surface area (Å²) in [6, 6.07) is 0. The Balaban J connectivity index is 1.85. The maximum absolute atomic E-state index is 12.3. The Bertz CT molecular complexity index is 347. The molecule has 1 saturated heterocycles. The second-order valence-corrected chi connectivity index (χ2v) is 8.88. The minimum atomic E-state index is 0.304. The van der Waals surface area contributed by atoms with Crippen molar-refractivity contribution in [2.24, 2.45) is 29.1 Å². The summed E-state index contributed by atoms with van der Waals surface area (Å²) in [6.07, 6.45) is 5.68. The van der Waals surface area contributed by atoms with Crippen LogP contribution < -0.4 is 0 Å². The van der Waals surface area contributed by atoms with Gasteiger partial charge in [0.1, 0.15) is 5.78 Å². The van der Waals surface area contributed by atoms with Crippen molar-refractivity contribution in [3.63, 3.8) is 0 Å². The van der Waals surface area contributed by atoms with Gasteiger partial charge in [0.05, 0.1) is 0 Å². The van der Waals surface area contributed by atoms with Gasteiger partial charge in [-0.25, -0.2) is 0 Å². The molecule has 2 aliphatic rings. The largest absolute Gasteiger partial charge is 0.303 e. The van der Waals surface area contributed by atoms with E-state index in [9.17, 15) is 4.79 Å². The number of ketones is 1.